The minimum atomic E-state index is -0.287. The maximum atomic E-state index is 6.01. The third-order valence-corrected chi connectivity index (χ3v) is 6.15. The smallest absolute Gasteiger partial charge is 0.221 e. The normalized spacial score (nSPS) is 16.9. The lowest BCUT2D eigenvalue weighted by atomic mass is 9.90. The van der Waals surface area contributed by atoms with Gasteiger partial charge in [-0.15, -0.1) is 0 Å². The molecule has 3 heterocycles. The summed E-state index contributed by atoms with van der Waals surface area (Å²) in [5.74, 6) is 0.647. The van der Waals surface area contributed by atoms with Crippen molar-refractivity contribution >= 4 is 17.5 Å². The maximum absolute atomic E-state index is 6.01. The van der Waals surface area contributed by atoms with Crippen LogP contribution in [-0.2, 0) is 28.0 Å². The summed E-state index contributed by atoms with van der Waals surface area (Å²) in [7, 11) is 1.74. The SMILES string of the molecule is COC1(c2ccc(-c3ccc4c(c3)CCN4Cc3cnc(N)nc3N)cc2)COC1. The quantitative estimate of drug-likeness (QED) is 0.676. The fourth-order valence-electron chi connectivity index (χ4n) is 4.23. The Bertz CT molecular complexity index is 1070. The average Bonchev–Trinajstić information content (AvgIpc) is 3.12. The number of ether oxygens (including phenoxy) is 2. The van der Waals surface area contributed by atoms with Crippen molar-refractivity contribution in [2.24, 2.45) is 0 Å². The summed E-state index contributed by atoms with van der Waals surface area (Å²) in [6, 6.07) is 15.3. The summed E-state index contributed by atoms with van der Waals surface area (Å²) in [5, 5.41) is 0. The number of fused-ring (bicyclic) bond motifs is 1. The molecule has 4 N–H and O–H groups in total. The van der Waals surface area contributed by atoms with Crippen molar-refractivity contribution < 1.29 is 9.47 Å². The van der Waals surface area contributed by atoms with Crippen molar-refractivity contribution in [1.29, 1.82) is 0 Å². The van der Waals surface area contributed by atoms with E-state index in [0.29, 0.717) is 25.6 Å². The molecule has 0 atom stereocenters. The Balaban J connectivity index is 1.36. The van der Waals surface area contributed by atoms with E-state index >= 15 is 0 Å². The van der Waals surface area contributed by atoms with Gasteiger partial charge in [0, 0.05) is 37.6 Å². The second-order valence-corrected chi connectivity index (χ2v) is 7.92. The molecule has 5 rings (SSSR count). The zero-order chi connectivity index (χ0) is 20.7. The lowest BCUT2D eigenvalue weighted by Gasteiger charge is -2.40. The van der Waals surface area contributed by atoms with E-state index in [1.807, 2.05) is 0 Å². The van der Waals surface area contributed by atoms with Gasteiger partial charge >= 0.3 is 0 Å². The Labute approximate surface area is 175 Å². The Hall–Kier alpha value is -3.16. The molecule has 1 fully saturated rings. The van der Waals surface area contributed by atoms with Crippen LogP contribution in [0.2, 0.25) is 0 Å². The van der Waals surface area contributed by atoms with Gasteiger partial charge in [-0.05, 0) is 40.8 Å². The molecule has 0 unspecified atom stereocenters. The predicted molar refractivity (Wildman–Crippen MR) is 117 cm³/mol. The van der Waals surface area contributed by atoms with Gasteiger partial charge < -0.3 is 25.8 Å². The van der Waals surface area contributed by atoms with Crippen molar-refractivity contribution in [3.8, 4) is 11.1 Å². The van der Waals surface area contributed by atoms with Crippen LogP contribution in [0.4, 0.5) is 17.5 Å². The van der Waals surface area contributed by atoms with Crippen LogP contribution < -0.4 is 16.4 Å². The Morgan fingerprint density at radius 1 is 1.10 bits per heavy atom. The van der Waals surface area contributed by atoms with Gasteiger partial charge in [0.1, 0.15) is 11.4 Å². The van der Waals surface area contributed by atoms with Crippen molar-refractivity contribution in [3.63, 3.8) is 0 Å². The Kier molecular flexibility index (Phi) is 4.56. The molecule has 0 radical (unpaired) electrons. The molecule has 3 aromatic rings. The van der Waals surface area contributed by atoms with Gasteiger partial charge in [-0.2, -0.15) is 4.98 Å². The first-order chi connectivity index (χ1) is 14.6. The molecule has 7 nitrogen and oxygen atoms in total. The fourth-order valence-corrected chi connectivity index (χ4v) is 4.23. The van der Waals surface area contributed by atoms with E-state index in [9.17, 15) is 0 Å². The molecule has 0 spiro atoms. The molecule has 1 aromatic heterocycles. The van der Waals surface area contributed by atoms with E-state index in [2.05, 4.69) is 57.3 Å². The highest BCUT2D eigenvalue weighted by atomic mass is 16.6. The van der Waals surface area contributed by atoms with Crippen molar-refractivity contribution in [2.45, 2.75) is 18.6 Å². The first kappa shape index (κ1) is 18.8. The molecule has 154 valence electrons. The Morgan fingerprint density at radius 3 is 2.53 bits per heavy atom. The molecule has 30 heavy (non-hydrogen) atoms. The van der Waals surface area contributed by atoms with Gasteiger partial charge in [-0.25, -0.2) is 4.98 Å². The zero-order valence-corrected chi connectivity index (χ0v) is 17.0. The lowest BCUT2D eigenvalue weighted by Crippen LogP contribution is -2.48. The monoisotopic (exact) mass is 403 g/mol. The fraction of sp³-hybridized carbons (Fsp3) is 0.304. The van der Waals surface area contributed by atoms with E-state index in [-0.39, 0.29) is 11.5 Å². The number of anilines is 3. The predicted octanol–water partition coefficient (Wildman–Crippen LogP) is 2.74. The molecular weight excluding hydrogens is 378 g/mol. The van der Waals surface area contributed by atoms with Gasteiger partial charge in [0.25, 0.3) is 0 Å². The van der Waals surface area contributed by atoms with Crippen LogP contribution in [0.3, 0.4) is 0 Å². The van der Waals surface area contributed by atoms with E-state index in [0.717, 1.165) is 24.1 Å². The summed E-state index contributed by atoms with van der Waals surface area (Å²) >= 11 is 0. The van der Waals surface area contributed by atoms with Crippen LogP contribution in [0, 0.1) is 0 Å². The van der Waals surface area contributed by atoms with Crippen molar-refractivity contribution in [3.05, 3.63) is 65.4 Å². The number of nitrogens with zero attached hydrogens (tertiary/aromatic N) is 3. The highest BCUT2D eigenvalue weighted by Gasteiger charge is 2.40. The average molecular weight is 403 g/mol. The van der Waals surface area contributed by atoms with E-state index in [1.54, 1.807) is 13.3 Å². The minimum Gasteiger partial charge on any atom is -0.383 e. The summed E-state index contributed by atoms with van der Waals surface area (Å²) in [4.78, 5) is 10.5. The van der Waals surface area contributed by atoms with Crippen LogP contribution in [0.5, 0.6) is 0 Å². The number of nitrogen functional groups attached to an aromatic ring is 2. The van der Waals surface area contributed by atoms with Gasteiger partial charge in [0.05, 0.1) is 13.2 Å². The van der Waals surface area contributed by atoms with E-state index < -0.39 is 0 Å². The van der Waals surface area contributed by atoms with Crippen LogP contribution >= 0.6 is 0 Å². The van der Waals surface area contributed by atoms with E-state index in [4.69, 9.17) is 20.9 Å². The van der Waals surface area contributed by atoms with E-state index in [1.165, 1.54) is 22.4 Å². The standard InChI is InChI=1S/C23H25N5O2/c1-29-23(13-30-14-23)19-5-2-15(3-6-19)16-4-7-20-17(10-16)8-9-28(20)12-18-11-26-22(25)27-21(18)24/h2-7,10-11H,8-9,12-14H2,1H3,(H4,24,25,26,27). The molecule has 2 aliphatic heterocycles. The number of aromatic nitrogens is 2. The number of rotatable bonds is 5. The highest BCUT2D eigenvalue weighted by molar-refractivity contribution is 5.71. The van der Waals surface area contributed by atoms with Gasteiger partial charge in [0.2, 0.25) is 5.95 Å². The summed E-state index contributed by atoms with van der Waals surface area (Å²) in [6.45, 7) is 2.84. The molecule has 0 saturated carbocycles. The summed E-state index contributed by atoms with van der Waals surface area (Å²) < 4.78 is 11.0. The van der Waals surface area contributed by atoms with Crippen molar-refractivity contribution in [2.75, 3.05) is 43.2 Å². The second-order valence-electron chi connectivity index (χ2n) is 7.92. The Morgan fingerprint density at radius 2 is 1.87 bits per heavy atom. The van der Waals surface area contributed by atoms with Gasteiger partial charge in [-0.3, -0.25) is 0 Å². The third-order valence-electron chi connectivity index (χ3n) is 6.15. The number of benzene rings is 2. The first-order valence-electron chi connectivity index (χ1n) is 10.1. The maximum Gasteiger partial charge on any atom is 0.221 e. The largest absolute Gasteiger partial charge is 0.383 e. The topological polar surface area (TPSA) is 99.5 Å². The zero-order valence-electron chi connectivity index (χ0n) is 17.0. The molecule has 7 heteroatoms. The van der Waals surface area contributed by atoms with Crippen molar-refractivity contribution in [1.82, 2.24) is 9.97 Å². The summed E-state index contributed by atoms with van der Waals surface area (Å²) in [6.07, 6.45) is 2.71. The molecule has 1 saturated heterocycles. The number of hydrogen-bond acceptors (Lipinski definition) is 7. The highest BCUT2D eigenvalue weighted by Crippen LogP contribution is 2.36. The molecular formula is C23H25N5O2. The van der Waals surface area contributed by atoms with Crippen LogP contribution in [0.25, 0.3) is 11.1 Å². The molecule has 0 bridgehead atoms. The molecule has 0 aliphatic carbocycles. The molecule has 0 amide bonds. The van der Waals surface area contributed by atoms with Crippen LogP contribution in [0.1, 0.15) is 16.7 Å². The minimum absolute atomic E-state index is 0.204. The second kappa shape index (κ2) is 7.27. The number of methoxy groups -OCH3 is 1. The molecule has 2 aromatic carbocycles. The van der Waals surface area contributed by atoms with Gasteiger partial charge in [-0.1, -0.05) is 30.3 Å². The number of nitrogens with two attached hydrogens (primary N) is 2. The summed E-state index contributed by atoms with van der Waals surface area (Å²) in [5.41, 5.74) is 18.4. The van der Waals surface area contributed by atoms with Gasteiger partial charge in [0.15, 0.2) is 0 Å². The van der Waals surface area contributed by atoms with Crippen LogP contribution in [0.15, 0.2) is 48.7 Å². The molecule has 2 aliphatic rings. The number of hydrogen-bond donors (Lipinski definition) is 2. The van der Waals surface area contributed by atoms with Crippen LogP contribution in [-0.4, -0.2) is 36.8 Å². The lowest BCUT2D eigenvalue weighted by molar-refractivity contribution is -0.202. The third kappa shape index (κ3) is 3.16. The first-order valence-corrected chi connectivity index (χ1v) is 10.1.